The molecule has 6 rings (SSSR count). The Morgan fingerprint density at radius 3 is 2.15 bits per heavy atom. The van der Waals surface area contributed by atoms with Crippen LogP contribution in [0.3, 0.4) is 0 Å². The predicted molar refractivity (Wildman–Crippen MR) is 223 cm³/mol. The molecule has 5 aromatic rings. The van der Waals surface area contributed by atoms with E-state index in [4.69, 9.17) is 25.8 Å². The van der Waals surface area contributed by atoms with Gasteiger partial charge in [-0.05, 0) is 96.6 Å². The average Bonchev–Trinajstić information content (AvgIpc) is 3.17. The zero-order valence-electron chi connectivity index (χ0n) is 30.8. The molecular formula is C43H47Cl3N4O4. The van der Waals surface area contributed by atoms with Crippen LogP contribution in [0, 0.1) is 13.8 Å². The van der Waals surface area contributed by atoms with Crippen LogP contribution < -0.4 is 19.5 Å². The molecule has 0 bridgehead atoms. The molecule has 0 unspecified atom stereocenters. The number of nitrogens with zero attached hydrogens (tertiary/aromatic N) is 3. The number of pyridine rings is 1. The molecule has 0 saturated carbocycles. The maximum absolute atomic E-state index is 13.1. The van der Waals surface area contributed by atoms with Crippen LogP contribution in [0.4, 0.5) is 5.69 Å². The topological polar surface area (TPSA) is 76.2 Å². The first kappa shape index (κ1) is 42.0. The minimum absolute atomic E-state index is 0. The van der Waals surface area contributed by atoms with Crippen molar-refractivity contribution >= 4 is 54.1 Å². The number of amides is 1. The van der Waals surface area contributed by atoms with Crippen LogP contribution in [0.25, 0.3) is 6.08 Å². The van der Waals surface area contributed by atoms with Gasteiger partial charge in [0, 0.05) is 57.1 Å². The van der Waals surface area contributed by atoms with Crippen molar-refractivity contribution in [3.05, 3.63) is 148 Å². The number of benzene rings is 4. The Hall–Kier alpha value is -4.73. The molecule has 1 aliphatic heterocycles. The Labute approximate surface area is 335 Å². The van der Waals surface area contributed by atoms with E-state index in [1.807, 2.05) is 54.3 Å². The lowest BCUT2D eigenvalue weighted by molar-refractivity contribution is -0.127. The van der Waals surface area contributed by atoms with Gasteiger partial charge in [0.15, 0.2) is 5.75 Å². The summed E-state index contributed by atoms with van der Waals surface area (Å²) in [5.74, 6) is 2.44. The Morgan fingerprint density at radius 2 is 1.50 bits per heavy atom. The van der Waals surface area contributed by atoms with E-state index in [-0.39, 0.29) is 30.7 Å². The highest BCUT2D eigenvalue weighted by molar-refractivity contribution is 6.32. The molecule has 4 aromatic carbocycles. The smallest absolute Gasteiger partial charge is 0.246 e. The summed E-state index contributed by atoms with van der Waals surface area (Å²) in [7, 11) is 1.67. The van der Waals surface area contributed by atoms with Gasteiger partial charge in [-0.1, -0.05) is 65.7 Å². The van der Waals surface area contributed by atoms with Gasteiger partial charge in [-0.15, -0.1) is 24.8 Å². The van der Waals surface area contributed by atoms with E-state index in [9.17, 15) is 4.79 Å². The molecule has 1 saturated heterocycles. The maximum atomic E-state index is 13.1. The minimum atomic E-state index is -0.00441. The monoisotopic (exact) mass is 788 g/mol. The zero-order chi connectivity index (χ0) is 36.3. The summed E-state index contributed by atoms with van der Waals surface area (Å²) in [5, 5.41) is 3.91. The fourth-order valence-corrected chi connectivity index (χ4v) is 6.29. The van der Waals surface area contributed by atoms with Gasteiger partial charge < -0.3 is 24.4 Å². The highest BCUT2D eigenvalue weighted by Gasteiger charge is 2.20. The molecule has 0 spiro atoms. The second kappa shape index (κ2) is 20.7. The van der Waals surface area contributed by atoms with Gasteiger partial charge in [-0.25, -0.2) is 4.98 Å². The number of nitrogens with one attached hydrogen (secondary N) is 1. The van der Waals surface area contributed by atoms with Gasteiger partial charge in [0.05, 0.1) is 18.3 Å². The molecule has 1 amide bonds. The molecule has 0 atom stereocenters. The predicted octanol–water partition coefficient (Wildman–Crippen LogP) is 9.59. The SMILES string of the molecule is COc1ccc(NCCc2ccc(CN3CCN(C(=O)/C=C/c4cc(C)c(Oc5ccc(OCc6ccc(C)cc6)cn5)c(Cl)c4)CC3)cc2)cc1.Cl.Cl. The highest BCUT2D eigenvalue weighted by atomic mass is 35.5. The highest BCUT2D eigenvalue weighted by Crippen LogP contribution is 2.34. The molecule has 0 radical (unpaired) electrons. The maximum Gasteiger partial charge on any atom is 0.246 e. The fraction of sp³-hybridized carbons (Fsp3) is 0.256. The summed E-state index contributed by atoms with van der Waals surface area (Å²) < 4.78 is 17.1. The minimum Gasteiger partial charge on any atom is -0.497 e. The van der Waals surface area contributed by atoms with E-state index in [1.165, 1.54) is 16.7 Å². The first-order valence-corrected chi connectivity index (χ1v) is 18.0. The number of hydrogen-bond acceptors (Lipinski definition) is 7. The molecule has 8 nitrogen and oxygen atoms in total. The Kier molecular flexibility index (Phi) is 16.1. The van der Waals surface area contributed by atoms with Gasteiger partial charge in [-0.3, -0.25) is 9.69 Å². The number of aryl methyl sites for hydroxylation is 2. The lowest BCUT2D eigenvalue weighted by atomic mass is 10.1. The van der Waals surface area contributed by atoms with Crippen molar-refractivity contribution < 1.29 is 19.0 Å². The van der Waals surface area contributed by atoms with Crippen molar-refractivity contribution in [1.82, 2.24) is 14.8 Å². The van der Waals surface area contributed by atoms with Crippen LogP contribution in [0.15, 0.2) is 109 Å². The van der Waals surface area contributed by atoms with Gasteiger partial charge >= 0.3 is 0 Å². The molecule has 11 heteroatoms. The van der Waals surface area contributed by atoms with E-state index in [0.717, 1.165) is 60.7 Å². The molecular weight excluding hydrogens is 743 g/mol. The number of anilines is 1. The molecule has 1 aromatic heterocycles. The van der Waals surface area contributed by atoms with Gasteiger partial charge in [0.25, 0.3) is 0 Å². The van der Waals surface area contributed by atoms with Crippen molar-refractivity contribution in [2.24, 2.45) is 0 Å². The summed E-state index contributed by atoms with van der Waals surface area (Å²) in [5.41, 5.74) is 7.63. The number of hydrogen-bond donors (Lipinski definition) is 1. The molecule has 1 fully saturated rings. The van der Waals surface area contributed by atoms with Crippen LogP contribution in [0.1, 0.15) is 33.4 Å². The summed E-state index contributed by atoms with van der Waals surface area (Å²) >= 11 is 6.64. The normalized spacial score (nSPS) is 12.8. The Balaban J connectivity index is 0.00000325. The summed E-state index contributed by atoms with van der Waals surface area (Å²) in [6, 6.07) is 32.4. The van der Waals surface area contributed by atoms with E-state index in [1.54, 1.807) is 31.5 Å². The largest absolute Gasteiger partial charge is 0.497 e. The number of ether oxygens (including phenoxy) is 3. The van der Waals surface area contributed by atoms with Crippen LogP contribution in [0.2, 0.25) is 5.02 Å². The third-order valence-electron chi connectivity index (χ3n) is 9.06. The van der Waals surface area contributed by atoms with Crippen LogP contribution in [0.5, 0.6) is 23.1 Å². The van der Waals surface area contributed by atoms with E-state index < -0.39 is 0 Å². The Morgan fingerprint density at radius 1 is 0.833 bits per heavy atom. The fourth-order valence-electron chi connectivity index (χ4n) is 5.98. The quantitative estimate of drug-likeness (QED) is 0.112. The van der Waals surface area contributed by atoms with Gasteiger partial charge in [0.1, 0.15) is 18.1 Å². The van der Waals surface area contributed by atoms with Gasteiger partial charge in [0.2, 0.25) is 11.8 Å². The summed E-state index contributed by atoms with van der Waals surface area (Å²) in [4.78, 5) is 21.8. The van der Waals surface area contributed by atoms with Crippen LogP contribution in [-0.4, -0.2) is 60.5 Å². The molecule has 1 aliphatic rings. The van der Waals surface area contributed by atoms with E-state index in [0.29, 0.717) is 42.1 Å². The average molecular weight is 790 g/mol. The number of carbonyl (C=O) groups excluding carboxylic acids is 1. The molecule has 2 heterocycles. The lowest BCUT2D eigenvalue weighted by Crippen LogP contribution is -2.47. The third-order valence-corrected chi connectivity index (χ3v) is 9.34. The first-order valence-electron chi connectivity index (χ1n) is 17.6. The second-order valence-corrected chi connectivity index (χ2v) is 13.4. The number of piperazine rings is 1. The van der Waals surface area contributed by atoms with Crippen LogP contribution >= 0.6 is 36.4 Å². The third kappa shape index (κ3) is 12.1. The lowest BCUT2D eigenvalue weighted by Gasteiger charge is -2.34. The summed E-state index contributed by atoms with van der Waals surface area (Å²) in [6.45, 7) is 9.22. The number of carbonyl (C=O) groups is 1. The van der Waals surface area contributed by atoms with Crippen molar-refractivity contribution in [3.63, 3.8) is 0 Å². The van der Waals surface area contributed by atoms with Crippen molar-refractivity contribution in [1.29, 1.82) is 0 Å². The molecule has 284 valence electrons. The molecule has 54 heavy (non-hydrogen) atoms. The van der Waals surface area contributed by atoms with Crippen molar-refractivity contribution in [2.75, 3.05) is 45.2 Å². The number of halogens is 3. The number of aromatic nitrogens is 1. The number of methoxy groups -OCH3 is 1. The standard InChI is InChI=1S/C43H45ClN4O4.2ClH/c1-31-4-6-35(7-5-31)30-51-39-17-18-41(46-28-39)52-43-32(2)26-36(27-40(43)44)12-19-42(49)48-24-22-47(23-25-48)29-34-10-8-33(9-11-34)20-21-45-37-13-15-38(50-3)16-14-37;;/h4-19,26-28,45H,20-25,29-30H2,1-3H3;2*1H/b19-12+;;. The van der Waals surface area contributed by atoms with E-state index in [2.05, 4.69) is 70.7 Å². The van der Waals surface area contributed by atoms with Crippen molar-refractivity contribution in [2.45, 2.75) is 33.4 Å². The zero-order valence-corrected chi connectivity index (χ0v) is 33.2. The second-order valence-electron chi connectivity index (χ2n) is 13.0. The Bertz CT molecular complexity index is 1920. The summed E-state index contributed by atoms with van der Waals surface area (Å²) in [6.07, 6.45) is 6.02. The number of rotatable bonds is 14. The van der Waals surface area contributed by atoms with Gasteiger partial charge in [-0.2, -0.15) is 0 Å². The van der Waals surface area contributed by atoms with Crippen molar-refractivity contribution in [3.8, 4) is 23.1 Å². The van der Waals surface area contributed by atoms with E-state index >= 15 is 0 Å². The first-order chi connectivity index (χ1) is 25.3. The van der Waals surface area contributed by atoms with Crippen LogP contribution in [-0.2, 0) is 24.4 Å². The molecule has 0 aliphatic carbocycles. The molecule has 1 N–H and O–H groups in total.